The Morgan fingerprint density at radius 1 is 1.50 bits per heavy atom. The lowest BCUT2D eigenvalue weighted by atomic mass is 10.2. The van der Waals surface area contributed by atoms with Gasteiger partial charge in [-0.2, -0.15) is 5.10 Å². The molecule has 1 fully saturated rings. The highest BCUT2D eigenvalue weighted by Crippen LogP contribution is 2.28. The van der Waals surface area contributed by atoms with Crippen LogP contribution in [-0.2, 0) is 11.8 Å². The standard InChI is InChI=1S/C11H20N4O/c1-7-10(12)11(15(2)14-7)13-8-4-5-9(6-8)16-3/h8-9,13H,4-6,12H2,1-3H3. The third-order valence-corrected chi connectivity index (χ3v) is 3.33. The summed E-state index contributed by atoms with van der Waals surface area (Å²) in [7, 11) is 3.68. The van der Waals surface area contributed by atoms with Crippen molar-refractivity contribution in [2.45, 2.75) is 38.3 Å². The number of methoxy groups -OCH3 is 1. The summed E-state index contributed by atoms with van der Waals surface area (Å²) >= 11 is 0. The fourth-order valence-electron chi connectivity index (χ4n) is 2.32. The molecule has 0 spiro atoms. The fourth-order valence-corrected chi connectivity index (χ4v) is 2.32. The Morgan fingerprint density at radius 3 is 2.75 bits per heavy atom. The molecule has 90 valence electrons. The van der Waals surface area contributed by atoms with Crippen molar-refractivity contribution in [3.8, 4) is 0 Å². The van der Waals surface area contributed by atoms with Crippen molar-refractivity contribution in [3.05, 3.63) is 5.69 Å². The second-order valence-electron chi connectivity index (χ2n) is 4.48. The van der Waals surface area contributed by atoms with Gasteiger partial charge in [0.15, 0.2) is 0 Å². The number of ether oxygens (including phenoxy) is 1. The molecule has 0 amide bonds. The van der Waals surface area contributed by atoms with Gasteiger partial charge in [0.05, 0.1) is 17.5 Å². The van der Waals surface area contributed by atoms with E-state index in [4.69, 9.17) is 10.5 Å². The predicted molar refractivity (Wildman–Crippen MR) is 64.4 cm³/mol. The van der Waals surface area contributed by atoms with Crippen LogP contribution in [-0.4, -0.2) is 29.0 Å². The monoisotopic (exact) mass is 224 g/mol. The van der Waals surface area contributed by atoms with E-state index in [9.17, 15) is 0 Å². The molecule has 5 nitrogen and oxygen atoms in total. The van der Waals surface area contributed by atoms with Gasteiger partial charge >= 0.3 is 0 Å². The number of rotatable bonds is 3. The fraction of sp³-hybridized carbons (Fsp3) is 0.727. The van der Waals surface area contributed by atoms with Gasteiger partial charge in [-0.25, -0.2) is 0 Å². The summed E-state index contributed by atoms with van der Waals surface area (Å²) in [6.45, 7) is 1.92. The van der Waals surface area contributed by atoms with Crippen molar-refractivity contribution in [1.29, 1.82) is 0 Å². The van der Waals surface area contributed by atoms with Crippen LogP contribution >= 0.6 is 0 Å². The van der Waals surface area contributed by atoms with Gasteiger partial charge in [-0.05, 0) is 26.2 Å². The van der Waals surface area contributed by atoms with Crippen molar-refractivity contribution in [3.63, 3.8) is 0 Å². The summed E-state index contributed by atoms with van der Waals surface area (Å²) in [5.74, 6) is 0.930. The SMILES string of the molecule is COC1CCC(Nc2c(N)c(C)nn2C)C1. The summed E-state index contributed by atoms with van der Waals surface area (Å²) in [5, 5.41) is 7.75. The van der Waals surface area contributed by atoms with E-state index in [1.165, 1.54) is 0 Å². The number of aryl methyl sites for hydroxylation is 2. The lowest BCUT2D eigenvalue weighted by Gasteiger charge is -2.14. The Kier molecular flexibility index (Phi) is 3.05. The van der Waals surface area contributed by atoms with Crippen molar-refractivity contribution >= 4 is 11.5 Å². The molecule has 3 N–H and O–H groups in total. The van der Waals surface area contributed by atoms with Gasteiger partial charge in [0.1, 0.15) is 5.82 Å². The van der Waals surface area contributed by atoms with E-state index in [0.29, 0.717) is 12.1 Å². The zero-order valence-electron chi connectivity index (χ0n) is 10.2. The van der Waals surface area contributed by atoms with Crippen LogP contribution < -0.4 is 11.1 Å². The first-order chi connectivity index (χ1) is 7.61. The van der Waals surface area contributed by atoms with Crippen molar-refractivity contribution in [2.24, 2.45) is 7.05 Å². The molecule has 16 heavy (non-hydrogen) atoms. The van der Waals surface area contributed by atoms with E-state index < -0.39 is 0 Å². The minimum atomic E-state index is 0.382. The molecular weight excluding hydrogens is 204 g/mol. The first-order valence-corrected chi connectivity index (χ1v) is 5.70. The molecule has 0 bridgehead atoms. The van der Waals surface area contributed by atoms with E-state index >= 15 is 0 Å². The Balaban J connectivity index is 2.04. The Bertz CT molecular complexity index is 374. The molecule has 0 saturated heterocycles. The summed E-state index contributed by atoms with van der Waals surface area (Å²) in [6, 6.07) is 0.446. The molecule has 1 aromatic rings. The molecule has 1 saturated carbocycles. The van der Waals surface area contributed by atoms with E-state index in [0.717, 1.165) is 36.5 Å². The maximum atomic E-state index is 5.97. The van der Waals surface area contributed by atoms with E-state index in [-0.39, 0.29) is 0 Å². The van der Waals surface area contributed by atoms with Crippen LogP contribution in [0.4, 0.5) is 11.5 Å². The minimum absolute atomic E-state index is 0.382. The number of nitrogens with one attached hydrogen (secondary N) is 1. The summed E-state index contributed by atoms with van der Waals surface area (Å²) in [4.78, 5) is 0. The van der Waals surface area contributed by atoms with E-state index in [2.05, 4.69) is 10.4 Å². The number of anilines is 2. The molecular formula is C11H20N4O. The lowest BCUT2D eigenvalue weighted by Crippen LogP contribution is -2.19. The number of hydrogen-bond donors (Lipinski definition) is 2. The van der Waals surface area contributed by atoms with Gasteiger partial charge in [0, 0.05) is 20.2 Å². The largest absolute Gasteiger partial charge is 0.394 e. The maximum absolute atomic E-state index is 5.97. The topological polar surface area (TPSA) is 65.1 Å². The molecule has 1 aromatic heterocycles. The average molecular weight is 224 g/mol. The van der Waals surface area contributed by atoms with Crippen LogP contribution in [0.15, 0.2) is 0 Å². The van der Waals surface area contributed by atoms with Crippen LogP contribution in [0.5, 0.6) is 0 Å². The number of nitrogen functional groups attached to an aromatic ring is 1. The highest BCUT2D eigenvalue weighted by atomic mass is 16.5. The summed E-state index contributed by atoms with van der Waals surface area (Å²) in [6.07, 6.45) is 3.67. The average Bonchev–Trinajstić information content (AvgIpc) is 2.80. The lowest BCUT2D eigenvalue weighted by molar-refractivity contribution is 0.108. The van der Waals surface area contributed by atoms with Gasteiger partial charge in [0.2, 0.25) is 0 Å². The van der Waals surface area contributed by atoms with E-state index in [1.54, 1.807) is 7.11 Å². The third-order valence-electron chi connectivity index (χ3n) is 3.33. The third kappa shape index (κ3) is 2.00. The molecule has 0 aliphatic heterocycles. The van der Waals surface area contributed by atoms with Crippen LogP contribution in [0.1, 0.15) is 25.0 Å². The van der Waals surface area contributed by atoms with Crippen LogP contribution in [0.2, 0.25) is 0 Å². The molecule has 1 aliphatic rings. The van der Waals surface area contributed by atoms with Gasteiger partial charge in [-0.3, -0.25) is 4.68 Å². The summed E-state index contributed by atoms with van der Waals surface area (Å²) < 4.78 is 7.16. The Morgan fingerprint density at radius 2 is 2.25 bits per heavy atom. The second-order valence-corrected chi connectivity index (χ2v) is 4.48. The van der Waals surface area contributed by atoms with Crippen LogP contribution in [0, 0.1) is 6.92 Å². The number of nitrogens with zero attached hydrogens (tertiary/aromatic N) is 2. The number of aromatic nitrogens is 2. The number of nitrogens with two attached hydrogens (primary N) is 1. The van der Waals surface area contributed by atoms with Gasteiger partial charge < -0.3 is 15.8 Å². The first kappa shape index (κ1) is 11.3. The second kappa shape index (κ2) is 4.33. The molecule has 2 unspecified atom stereocenters. The molecule has 2 atom stereocenters. The maximum Gasteiger partial charge on any atom is 0.147 e. The molecule has 0 radical (unpaired) electrons. The Labute approximate surface area is 96.0 Å². The predicted octanol–water partition coefficient (Wildman–Crippen LogP) is 1.29. The highest BCUT2D eigenvalue weighted by molar-refractivity contribution is 5.65. The zero-order valence-corrected chi connectivity index (χ0v) is 10.2. The zero-order chi connectivity index (χ0) is 11.7. The Hall–Kier alpha value is -1.23. The highest BCUT2D eigenvalue weighted by Gasteiger charge is 2.25. The van der Waals surface area contributed by atoms with Gasteiger partial charge in [-0.15, -0.1) is 0 Å². The normalized spacial score (nSPS) is 24.9. The molecule has 1 heterocycles. The van der Waals surface area contributed by atoms with Gasteiger partial charge in [0.25, 0.3) is 0 Å². The molecule has 0 aromatic carbocycles. The first-order valence-electron chi connectivity index (χ1n) is 5.70. The smallest absolute Gasteiger partial charge is 0.147 e. The van der Waals surface area contributed by atoms with Crippen LogP contribution in [0.25, 0.3) is 0 Å². The molecule has 1 aliphatic carbocycles. The van der Waals surface area contributed by atoms with Crippen LogP contribution in [0.3, 0.4) is 0 Å². The van der Waals surface area contributed by atoms with Gasteiger partial charge in [-0.1, -0.05) is 0 Å². The van der Waals surface area contributed by atoms with Crippen molar-refractivity contribution in [1.82, 2.24) is 9.78 Å². The summed E-state index contributed by atoms with van der Waals surface area (Å²) in [5.41, 5.74) is 7.61. The van der Waals surface area contributed by atoms with Crippen molar-refractivity contribution < 1.29 is 4.74 Å². The minimum Gasteiger partial charge on any atom is -0.394 e. The number of hydrogen-bond acceptors (Lipinski definition) is 4. The molecule has 5 heteroatoms. The van der Waals surface area contributed by atoms with Crippen molar-refractivity contribution in [2.75, 3.05) is 18.2 Å². The molecule has 2 rings (SSSR count). The van der Waals surface area contributed by atoms with E-state index in [1.807, 2.05) is 18.7 Å². The quantitative estimate of drug-likeness (QED) is 0.812.